The summed E-state index contributed by atoms with van der Waals surface area (Å²) in [5.41, 5.74) is 7.84. The SMILES string of the molecule is Cc1ccc(NC[C@@H](O)Cn2c3c(c4cc(C)ccc42)CCCC3)cc1. The zero-order chi connectivity index (χ0) is 18.1. The highest BCUT2D eigenvalue weighted by Crippen LogP contribution is 2.33. The third kappa shape index (κ3) is 3.36. The number of fused-ring (bicyclic) bond motifs is 3. The number of benzene rings is 2. The Kier molecular flexibility index (Phi) is 4.73. The molecular formula is C23H28N2O. The van der Waals surface area contributed by atoms with E-state index in [2.05, 4.69) is 66.2 Å². The lowest BCUT2D eigenvalue weighted by molar-refractivity contribution is 0.167. The summed E-state index contributed by atoms with van der Waals surface area (Å²) in [5.74, 6) is 0. The molecule has 1 atom stereocenters. The molecular weight excluding hydrogens is 320 g/mol. The fourth-order valence-corrected chi connectivity index (χ4v) is 4.14. The molecule has 3 aromatic rings. The molecule has 2 aromatic carbocycles. The monoisotopic (exact) mass is 348 g/mol. The van der Waals surface area contributed by atoms with Gasteiger partial charge in [-0.25, -0.2) is 0 Å². The minimum absolute atomic E-state index is 0.417. The molecule has 1 heterocycles. The van der Waals surface area contributed by atoms with Gasteiger partial charge in [-0.3, -0.25) is 0 Å². The fourth-order valence-electron chi connectivity index (χ4n) is 4.14. The quantitative estimate of drug-likeness (QED) is 0.706. The second-order valence-electron chi connectivity index (χ2n) is 7.66. The van der Waals surface area contributed by atoms with Gasteiger partial charge in [-0.05, 0) is 69.4 Å². The molecule has 0 fully saturated rings. The molecule has 0 saturated carbocycles. The summed E-state index contributed by atoms with van der Waals surface area (Å²) in [6, 6.07) is 15.0. The van der Waals surface area contributed by atoms with Crippen LogP contribution in [0.1, 0.15) is 35.2 Å². The number of aromatic nitrogens is 1. The van der Waals surface area contributed by atoms with Crippen LogP contribution < -0.4 is 5.32 Å². The predicted molar refractivity (Wildman–Crippen MR) is 109 cm³/mol. The maximum atomic E-state index is 10.7. The lowest BCUT2D eigenvalue weighted by atomic mass is 9.95. The Balaban J connectivity index is 1.55. The van der Waals surface area contributed by atoms with E-state index in [-0.39, 0.29) is 0 Å². The second kappa shape index (κ2) is 7.16. The molecule has 4 rings (SSSR count). The molecule has 1 aliphatic rings. The summed E-state index contributed by atoms with van der Waals surface area (Å²) in [4.78, 5) is 0. The summed E-state index contributed by atoms with van der Waals surface area (Å²) in [6.07, 6.45) is 4.40. The van der Waals surface area contributed by atoms with Crippen LogP contribution in [0.3, 0.4) is 0 Å². The van der Waals surface area contributed by atoms with E-state index in [1.54, 1.807) is 0 Å². The highest BCUT2D eigenvalue weighted by atomic mass is 16.3. The Bertz CT molecular complexity index is 908. The van der Waals surface area contributed by atoms with Crippen molar-refractivity contribution in [1.82, 2.24) is 4.57 Å². The van der Waals surface area contributed by atoms with E-state index in [1.807, 2.05) is 0 Å². The molecule has 0 amide bonds. The van der Waals surface area contributed by atoms with Crippen molar-refractivity contribution in [3.8, 4) is 0 Å². The topological polar surface area (TPSA) is 37.2 Å². The van der Waals surface area contributed by atoms with Crippen molar-refractivity contribution in [3.63, 3.8) is 0 Å². The maximum absolute atomic E-state index is 10.7. The van der Waals surface area contributed by atoms with Crippen LogP contribution in [0.4, 0.5) is 5.69 Å². The molecule has 0 bridgehead atoms. The smallest absolute Gasteiger partial charge is 0.0891 e. The highest BCUT2D eigenvalue weighted by Gasteiger charge is 2.21. The van der Waals surface area contributed by atoms with Crippen molar-refractivity contribution < 1.29 is 5.11 Å². The van der Waals surface area contributed by atoms with Crippen LogP contribution in [0.15, 0.2) is 42.5 Å². The van der Waals surface area contributed by atoms with Gasteiger partial charge in [-0.2, -0.15) is 0 Å². The highest BCUT2D eigenvalue weighted by molar-refractivity contribution is 5.86. The summed E-state index contributed by atoms with van der Waals surface area (Å²) in [6.45, 7) is 5.45. The van der Waals surface area contributed by atoms with Gasteiger partial charge < -0.3 is 15.0 Å². The number of rotatable bonds is 5. The van der Waals surface area contributed by atoms with E-state index in [4.69, 9.17) is 0 Å². The lowest BCUT2D eigenvalue weighted by Gasteiger charge is -2.19. The number of hydrogen-bond donors (Lipinski definition) is 2. The van der Waals surface area contributed by atoms with E-state index in [0.29, 0.717) is 13.1 Å². The largest absolute Gasteiger partial charge is 0.389 e. The van der Waals surface area contributed by atoms with E-state index in [0.717, 1.165) is 12.1 Å². The first kappa shape index (κ1) is 17.2. The molecule has 3 nitrogen and oxygen atoms in total. The minimum Gasteiger partial charge on any atom is -0.389 e. The van der Waals surface area contributed by atoms with E-state index < -0.39 is 6.10 Å². The molecule has 0 unspecified atom stereocenters. The van der Waals surface area contributed by atoms with Gasteiger partial charge in [-0.1, -0.05) is 29.3 Å². The summed E-state index contributed by atoms with van der Waals surface area (Å²) in [7, 11) is 0. The average molecular weight is 348 g/mol. The van der Waals surface area contributed by atoms with E-state index in [1.165, 1.54) is 52.5 Å². The van der Waals surface area contributed by atoms with Gasteiger partial charge >= 0.3 is 0 Å². The number of nitrogens with one attached hydrogen (secondary N) is 1. The zero-order valence-electron chi connectivity index (χ0n) is 15.8. The van der Waals surface area contributed by atoms with Crippen molar-refractivity contribution in [1.29, 1.82) is 0 Å². The zero-order valence-corrected chi connectivity index (χ0v) is 15.8. The van der Waals surface area contributed by atoms with Crippen molar-refractivity contribution in [2.75, 3.05) is 11.9 Å². The molecule has 26 heavy (non-hydrogen) atoms. The van der Waals surface area contributed by atoms with Crippen molar-refractivity contribution in [3.05, 3.63) is 64.8 Å². The van der Waals surface area contributed by atoms with Crippen LogP contribution in [0.2, 0.25) is 0 Å². The first-order chi connectivity index (χ1) is 12.6. The standard InChI is InChI=1S/C23H28N2O/c1-16-7-10-18(11-8-16)24-14-19(26)15-25-22-6-4-3-5-20(22)21-13-17(2)9-12-23(21)25/h7-13,19,24,26H,3-6,14-15H2,1-2H3/t19-/m1/s1. The van der Waals surface area contributed by atoms with Crippen LogP contribution in [-0.4, -0.2) is 22.3 Å². The Morgan fingerprint density at radius 2 is 1.73 bits per heavy atom. The lowest BCUT2D eigenvalue weighted by Crippen LogP contribution is -2.26. The molecule has 136 valence electrons. The fraction of sp³-hybridized carbons (Fsp3) is 0.391. The van der Waals surface area contributed by atoms with Crippen LogP contribution >= 0.6 is 0 Å². The number of anilines is 1. The van der Waals surface area contributed by atoms with Crippen LogP contribution in [0, 0.1) is 13.8 Å². The number of aliphatic hydroxyl groups excluding tert-OH is 1. The molecule has 1 aliphatic carbocycles. The summed E-state index contributed by atoms with van der Waals surface area (Å²) < 4.78 is 2.37. The summed E-state index contributed by atoms with van der Waals surface area (Å²) >= 11 is 0. The van der Waals surface area contributed by atoms with Gasteiger partial charge in [-0.15, -0.1) is 0 Å². The Labute approximate surface area is 155 Å². The van der Waals surface area contributed by atoms with Gasteiger partial charge in [0, 0.05) is 28.8 Å². The second-order valence-corrected chi connectivity index (χ2v) is 7.66. The first-order valence-electron chi connectivity index (χ1n) is 9.71. The number of nitrogens with zero attached hydrogens (tertiary/aromatic N) is 1. The summed E-state index contributed by atoms with van der Waals surface area (Å²) in [5, 5.41) is 15.4. The minimum atomic E-state index is -0.417. The number of aryl methyl sites for hydroxylation is 3. The molecule has 2 N–H and O–H groups in total. The molecule has 0 aliphatic heterocycles. The molecule has 0 radical (unpaired) electrons. The van der Waals surface area contributed by atoms with Crippen molar-refractivity contribution in [2.24, 2.45) is 0 Å². The van der Waals surface area contributed by atoms with E-state index >= 15 is 0 Å². The van der Waals surface area contributed by atoms with Gasteiger partial charge in [0.05, 0.1) is 12.6 Å². The molecule has 3 heteroatoms. The maximum Gasteiger partial charge on any atom is 0.0891 e. The third-order valence-electron chi connectivity index (χ3n) is 5.52. The van der Waals surface area contributed by atoms with Gasteiger partial charge in [0.25, 0.3) is 0 Å². The molecule has 1 aromatic heterocycles. The van der Waals surface area contributed by atoms with Crippen LogP contribution in [0.25, 0.3) is 10.9 Å². The van der Waals surface area contributed by atoms with Crippen molar-refractivity contribution in [2.45, 2.75) is 52.2 Å². The van der Waals surface area contributed by atoms with Crippen LogP contribution in [0.5, 0.6) is 0 Å². The predicted octanol–water partition coefficient (Wildman–Crippen LogP) is 4.61. The van der Waals surface area contributed by atoms with Crippen LogP contribution in [-0.2, 0) is 19.4 Å². The van der Waals surface area contributed by atoms with E-state index in [9.17, 15) is 5.11 Å². The van der Waals surface area contributed by atoms with Gasteiger partial charge in [0.15, 0.2) is 0 Å². The first-order valence-corrected chi connectivity index (χ1v) is 9.71. The Morgan fingerprint density at radius 3 is 2.54 bits per heavy atom. The number of hydrogen-bond acceptors (Lipinski definition) is 2. The Morgan fingerprint density at radius 1 is 1.00 bits per heavy atom. The third-order valence-corrected chi connectivity index (χ3v) is 5.52. The van der Waals surface area contributed by atoms with Crippen molar-refractivity contribution >= 4 is 16.6 Å². The average Bonchev–Trinajstić information content (AvgIpc) is 2.95. The van der Waals surface area contributed by atoms with Gasteiger partial charge in [0.2, 0.25) is 0 Å². The van der Waals surface area contributed by atoms with Gasteiger partial charge in [0.1, 0.15) is 0 Å². The molecule has 0 saturated heterocycles. The Hall–Kier alpha value is -2.26. The number of aliphatic hydroxyl groups is 1. The molecule has 0 spiro atoms. The normalized spacial score (nSPS) is 15.0.